The van der Waals surface area contributed by atoms with Gasteiger partial charge in [0.05, 0.1) is 11.6 Å². The summed E-state index contributed by atoms with van der Waals surface area (Å²) >= 11 is 0. The fourth-order valence-electron chi connectivity index (χ4n) is 5.74. The number of hydrogen-bond donors (Lipinski definition) is 0. The number of rotatable bonds is 14. The van der Waals surface area contributed by atoms with Gasteiger partial charge in [0.1, 0.15) is 17.7 Å². The number of hydrogen-bond acceptors (Lipinski definition) is 4. The van der Waals surface area contributed by atoms with Crippen LogP contribution in [-0.2, 0) is 5.41 Å². The molecule has 0 N–H and O–H groups in total. The summed E-state index contributed by atoms with van der Waals surface area (Å²) in [6.07, 6.45) is 18.0. The Bertz CT molecular complexity index is 1370. The van der Waals surface area contributed by atoms with E-state index in [1.165, 1.54) is 81.9 Å². The van der Waals surface area contributed by atoms with Gasteiger partial charge in [0.2, 0.25) is 0 Å². The van der Waals surface area contributed by atoms with Crippen molar-refractivity contribution >= 4 is 16.8 Å². The highest BCUT2D eigenvalue weighted by atomic mass is 15.2. The summed E-state index contributed by atoms with van der Waals surface area (Å²) in [5.41, 5.74) is 4.09. The molecule has 4 heteroatoms. The molecule has 0 radical (unpaired) electrons. The van der Waals surface area contributed by atoms with Crippen molar-refractivity contribution in [1.82, 2.24) is 0 Å². The van der Waals surface area contributed by atoms with E-state index in [1.54, 1.807) is 12.1 Å². The maximum Gasteiger partial charge on any atom is 0.136 e. The monoisotopic (exact) mass is 532 g/mol. The van der Waals surface area contributed by atoms with Gasteiger partial charge < -0.3 is 4.90 Å². The molecule has 0 fully saturated rings. The van der Waals surface area contributed by atoms with E-state index in [0.29, 0.717) is 10.8 Å². The Labute approximate surface area is 241 Å². The normalized spacial score (nSPS) is 14.3. The van der Waals surface area contributed by atoms with Gasteiger partial charge in [-0.05, 0) is 29.3 Å². The molecular weight excluding hydrogens is 488 g/mol. The molecule has 0 aromatic heterocycles. The van der Waals surface area contributed by atoms with E-state index in [0.717, 1.165) is 23.9 Å². The molecular formula is C36H44N4. The zero-order chi connectivity index (χ0) is 28.8. The van der Waals surface area contributed by atoms with Crippen LogP contribution in [-0.4, -0.2) is 6.54 Å². The highest BCUT2D eigenvalue weighted by molar-refractivity contribution is 5.78. The number of allylic oxidation sites excluding steroid dienone is 2. The number of nitrogens with zero attached hydrogens (tertiary/aromatic N) is 4. The Kier molecular flexibility index (Phi) is 12.1. The van der Waals surface area contributed by atoms with E-state index in [9.17, 15) is 15.8 Å². The Morgan fingerprint density at radius 2 is 1.23 bits per heavy atom. The van der Waals surface area contributed by atoms with Crippen LogP contribution in [0.15, 0.2) is 60.3 Å². The molecule has 0 bridgehead atoms. The SMILES string of the molecule is CCCCCCCCCCCCCCN1/C(=C/C(C#N)=c2ccc(=C(C#N)C#N)cc2)C(C)(C)c2ccccc21. The minimum atomic E-state index is -0.224. The van der Waals surface area contributed by atoms with Crippen molar-refractivity contribution in [2.24, 2.45) is 0 Å². The summed E-state index contributed by atoms with van der Waals surface area (Å²) in [5, 5.41) is 29.8. The van der Waals surface area contributed by atoms with Gasteiger partial charge >= 0.3 is 0 Å². The third kappa shape index (κ3) is 7.87. The first-order valence-corrected chi connectivity index (χ1v) is 15.1. The van der Waals surface area contributed by atoms with Crippen molar-refractivity contribution in [3.63, 3.8) is 0 Å². The van der Waals surface area contributed by atoms with Gasteiger partial charge in [-0.3, -0.25) is 0 Å². The van der Waals surface area contributed by atoms with Crippen LogP contribution in [0.3, 0.4) is 0 Å². The quantitative estimate of drug-likeness (QED) is 0.231. The van der Waals surface area contributed by atoms with Crippen molar-refractivity contribution in [1.29, 1.82) is 15.8 Å². The predicted octanol–water partition coefficient (Wildman–Crippen LogP) is 7.94. The summed E-state index contributed by atoms with van der Waals surface area (Å²) in [7, 11) is 0. The number of anilines is 1. The van der Waals surface area contributed by atoms with Crippen LogP contribution in [0.25, 0.3) is 11.1 Å². The van der Waals surface area contributed by atoms with E-state index in [4.69, 9.17) is 0 Å². The summed E-state index contributed by atoms with van der Waals surface area (Å²) in [4.78, 5) is 2.41. The average Bonchev–Trinajstić information content (AvgIpc) is 3.18. The zero-order valence-electron chi connectivity index (χ0n) is 24.7. The lowest BCUT2D eigenvalue weighted by molar-refractivity contribution is 0.543. The van der Waals surface area contributed by atoms with Crippen LogP contribution in [0, 0.1) is 34.0 Å². The topological polar surface area (TPSA) is 74.6 Å². The Balaban J connectivity index is 1.71. The molecule has 0 atom stereocenters. The number of benzene rings is 2. The van der Waals surface area contributed by atoms with E-state index < -0.39 is 0 Å². The lowest BCUT2D eigenvalue weighted by Gasteiger charge is -2.27. The standard InChI is InChI=1S/C36H44N4/c1-4-5-6-7-8-9-10-11-12-13-14-17-24-40-34-19-16-15-18-33(34)36(2,3)35(40)25-31(26-37)29-20-22-30(23-21-29)32(27-38)28-39/h15-16,18-23,25H,4-14,17,24H2,1-3H3/b35-25+. The molecule has 1 aliphatic rings. The minimum Gasteiger partial charge on any atom is -0.344 e. The smallest absolute Gasteiger partial charge is 0.136 e. The van der Waals surface area contributed by atoms with E-state index in [2.05, 4.69) is 56.0 Å². The van der Waals surface area contributed by atoms with Crippen LogP contribution >= 0.6 is 0 Å². The number of para-hydroxylation sites is 1. The largest absolute Gasteiger partial charge is 0.344 e. The first kappa shape index (κ1) is 30.7. The van der Waals surface area contributed by atoms with Crippen molar-refractivity contribution in [2.45, 2.75) is 103 Å². The average molecular weight is 533 g/mol. The Hall–Kier alpha value is -3.81. The third-order valence-electron chi connectivity index (χ3n) is 8.14. The molecule has 2 aromatic rings. The third-order valence-corrected chi connectivity index (χ3v) is 8.14. The fourth-order valence-corrected chi connectivity index (χ4v) is 5.74. The Morgan fingerprint density at radius 1 is 0.700 bits per heavy atom. The summed E-state index contributed by atoms with van der Waals surface area (Å²) in [6.45, 7) is 7.68. The molecule has 1 heterocycles. The lowest BCUT2D eigenvalue weighted by Crippen LogP contribution is -2.27. The summed E-state index contributed by atoms with van der Waals surface area (Å²) in [5.74, 6) is 0. The molecule has 0 spiro atoms. The van der Waals surface area contributed by atoms with Crippen LogP contribution < -0.4 is 15.3 Å². The van der Waals surface area contributed by atoms with Gasteiger partial charge in [-0.1, -0.05) is 134 Å². The number of nitriles is 3. The van der Waals surface area contributed by atoms with Gasteiger partial charge in [-0.25, -0.2) is 0 Å². The fraction of sp³-hybridized carbons (Fsp3) is 0.472. The van der Waals surface area contributed by atoms with E-state index >= 15 is 0 Å². The Morgan fingerprint density at radius 3 is 1.77 bits per heavy atom. The highest BCUT2D eigenvalue weighted by Crippen LogP contribution is 2.48. The first-order chi connectivity index (χ1) is 19.5. The van der Waals surface area contributed by atoms with Crippen molar-refractivity contribution < 1.29 is 0 Å². The van der Waals surface area contributed by atoms with Crippen molar-refractivity contribution in [3.05, 3.63) is 76.3 Å². The molecule has 40 heavy (non-hydrogen) atoms. The van der Waals surface area contributed by atoms with Crippen LogP contribution in [0.1, 0.15) is 103 Å². The lowest BCUT2D eigenvalue weighted by atomic mass is 9.83. The molecule has 0 saturated heterocycles. The van der Waals surface area contributed by atoms with Gasteiger partial charge in [-0.2, -0.15) is 15.8 Å². The van der Waals surface area contributed by atoms with Crippen LogP contribution in [0.2, 0.25) is 0 Å². The second-order valence-electron chi connectivity index (χ2n) is 11.4. The van der Waals surface area contributed by atoms with Crippen molar-refractivity contribution in [2.75, 3.05) is 11.4 Å². The van der Waals surface area contributed by atoms with E-state index in [-0.39, 0.29) is 11.0 Å². The molecule has 0 amide bonds. The van der Waals surface area contributed by atoms with Gasteiger partial charge in [0.25, 0.3) is 0 Å². The van der Waals surface area contributed by atoms with E-state index in [1.807, 2.05) is 30.3 Å². The molecule has 2 aromatic carbocycles. The molecule has 0 aliphatic carbocycles. The first-order valence-electron chi connectivity index (χ1n) is 15.1. The maximum atomic E-state index is 10.1. The molecule has 3 rings (SSSR count). The highest BCUT2D eigenvalue weighted by Gasteiger charge is 2.39. The number of unbranched alkanes of at least 4 members (excludes halogenated alkanes) is 11. The van der Waals surface area contributed by atoms with Crippen LogP contribution in [0.5, 0.6) is 0 Å². The van der Waals surface area contributed by atoms with Gasteiger partial charge in [-0.15, -0.1) is 0 Å². The second-order valence-corrected chi connectivity index (χ2v) is 11.4. The summed E-state index contributed by atoms with van der Waals surface area (Å²) < 4.78 is 0. The van der Waals surface area contributed by atoms with Crippen molar-refractivity contribution in [3.8, 4) is 18.2 Å². The molecule has 1 aliphatic heterocycles. The zero-order valence-corrected chi connectivity index (χ0v) is 24.7. The maximum absolute atomic E-state index is 10.1. The molecule has 0 saturated carbocycles. The predicted molar refractivity (Wildman–Crippen MR) is 165 cm³/mol. The molecule has 4 nitrogen and oxygen atoms in total. The minimum absolute atomic E-state index is 0.0735. The molecule has 208 valence electrons. The second kappa shape index (κ2) is 15.7. The van der Waals surface area contributed by atoms with Gasteiger partial charge in [0, 0.05) is 28.6 Å². The molecule has 0 unspecified atom stereocenters. The van der Waals surface area contributed by atoms with Gasteiger partial charge in [0.15, 0.2) is 0 Å². The van der Waals surface area contributed by atoms with Crippen LogP contribution in [0.4, 0.5) is 5.69 Å². The summed E-state index contributed by atoms with van der Waals surface area (Å²) in [6, 6.07) is 22.0. The number of fused-ring (bicyclic) bond motifs is 1.